The van der Waals surface area contributed by atoms with Crippen LogP contribution in [0.4, 0.5) is 4.39 Å². The molecule has 0 saturated carbocycles. The number of amides is 1. The third kappa shape index (κ3) is 4.74. The van der Waals surface area contributed by atoms with E-state index in [9.17, 15) is 9.18 Å². The van der Waals surface area contributed by atoms with E-state index in [-0.39, 0.29) is 18.1 Å². The van der Waals surface area contributed by atoms with Gasteiger partial charge in [0.25, 0.3) is 0 Å². The number of carbonyl (C=O) groups excluding carboxylic acids is 1. The normalized spacial score (nSPS) is 10.7. The summed E-state index contributed by atoms with van der Waals surface area (Å²) in [6.07, 6.45) is 0.227. The van der Waals surface area contributed by atoms with Crippen LogP contribution in [0.3, 0.4) is 0 Å². The molecular weight excluding hydrogens is 403 g/mol. The molecule has 3 rings (SSSR count). The molecule has 128 valence electrons. The fraction of sp³-hybridized carbons (Fsp3) is 0.158. The van der Waals surface area contributed by atoms with Gasteiger partial charge in [-0.25, -0.2) is 9.37 Å². The molecule has 25 heavy (non-hydrogen) atoms. The van der Waals surface area contributed by atoms with Crippen molar-refractivity contribution in [3.8, 4) is 10.6 Å². The van der Waals surface area contributed by atoms with Gasteiger partial charge in [0.1, 0.15) is 10.8 Å². The summed E-state index contributed by atoms with van der Waals surface area (Å²) in [5.41, 5.74) is 3.21. The lowest BCUT2D eigenvalue weighted by Gasteiger charge is -2.06. The first-order valence-corrected chi connectivity index (χ1v) is 9.40. The number of thiazole rings is 1. The van der Waals surface area contributed by atoms with Crippen molar-refractivity contribution in [2.45, 2.75) is 19.9 Å². The largest absolute Gasteiger partial charge is 0.352 e. The smallest absolute Gasteiger partial charge is 0.226 e. The lowest BCUT2D eigenvalue weighted by atomic mass is 10.1. The zero-order valence-corrected chi connectivity index (χ0v) is 16.0. The molecule has 0 saturated heterocycles. The quantitative estimate of drug-likeness (QED) is 0.641. The predicted octanol–water partition coefficient (Wildman–Crippen LogP) is 4.88. The molecule has 0 aliphatic carbocycles. The summed E-state index contributed by atoms with van der Waals surface area (Å²) in [5, 5.41) is 5.64. The first kappa shape index (κ1) is 17.8. The molecule has 0 bridgehead atoms. The van der Waals surface area contributed by atoms with E-state index < -0.39 is 0 Å². The highest BCUT2D eigenvalue weighted by atomic mass is 79.9. The second-order valence-corrected chi connectivity index (χ2v) is 7.47. The Morgan fingerprint density at radius 2 is 2.12 bits per heavy atom. The monoisotopic (exact) mass is 418 g/mol. The van der Waals surface area contributed by atoms with Gasteiger partial charge in [-0.1, -0.05) is 40.2 Å². The number of aryl methyl sites for hydroxylation is 1. The van der Waals surface area contributed by atoms with E-state index in [1.54, 1.807) is 19.1 Å². The van der Waals surface area contributed by atoms with E-state index in [4.69, 9.17) is 0 Å². The van der Waals surface area contributed by atoms with E-state index >= 15 is 0 Å². The van der Waals surface area contributed by atoms with Crippen LogP contribution in [0.1, 0.15) is 16.8 Å². The van der Waals surface area contributed by atoms with Crippen molar-refractivity contribution >= 4 is 33.2 Å². The van der Waals surface area contributed by atoms with Crippen LogP contribution in [0.2, 0.25) is 0 Å². The van der Waals surface area contributed by atoms with Gasteiger partial charge in [-0.3, -0.25) is 4.79 Å². The Hall–Kier alpha value is -2.05. The standard InChI is InChI=1S/C19H16BrFN2OS/c1-12-7-13(5-6-17(12)21)10-22-18(24)9-16-11-25-19(23-16)14-3-2-4-15(20)8-14/h2-8,11H,9-10H2,1H3,(H,22,24). The van der Waals surface area contributed by atoms with Crippen molar-refractivity contribution in [3.05, 3.63) is 75.0 Å². The Labute approximate surface area is 158 Å². The highest BCUT2D eigenvalue weighted by Gasteiger charge is 2.09. The van der Waals surface area contributed by atoms with Crippen molar-refractivity contribution in [3.63, 3.8) is 0 Å². The minimum absolute atomic E-state index is 0.104. The summed E-state index contributed by atoms with van der Waals surface area (Å²) in [7, 11) is 0. The van der Waals surface area contributed by atoms with Gasteiger partial charge in [0.15, 0.2) is 0 Å². The summed E-state index contributed by atoms with van der Waals surface area (Å²) in [6.45, 7) is 2.09. The molecule has 6 heteroatoms. The highest BCUT2D eigenvalue weighted by Crippen LogP contribution is 2.26. The lowest BCUT2D eigenvalue weighted by molar-refractivity contribution is -0.120. The number of rotatable bonds is 5. The van der Waals surface area contributed by atoms with Gasteiger partial charge in [0.05, 0.1) is 12.1 Å². The third-order valence-electron chi connectivity index (χ3n) is 3.68. The zero-order chi connectivity index (χ0) is 17.8. The summed E-state index contributed by atoms with van der Waals surface area (Å²) in [5.74, 6) is -0.342. The number of hydrogen-bond acceptors (Lipinski definition) is 3. The van der Waals surface area contributed by atoms with Crippen LogP contribution in [-0.4, -0.2) is 10.9 Å². The van der Waals surface area contributed by atoms with Crippen LogP contribution < -0.4 is 5.32 Å². The van der Waals surface area contributed by atoms with Crippen LogP contribution in [0.25, 0.3) is 10.6 Å². The summed E-state index contributed by atoms with van der Waals surface area (Å²) >= 11 is 4.97. The number of benzene rings is 2. The Morgan fingerprint density at radius 1 is 1.28 bits per heavy atom. The SMILES string of the molecule is Cc1cc(CNC(=O)Cc2csc(-c3cccc(Br)c3)n2)ccc1F. The fourth-order valence-electron chi connectivity index (χ4n) is 2.39. The van der Waals surface area contributed by atoms with Crippen molar-refractivity contribution in [2.24, 2.45) is 0 Å². The van der Waals surface area contributed by atoms with E-state index in [1.165, 1.54) is 17.4 Å². The molecule has 0 spiro atoms. The molecule has 1 amide bonds. The van der Waals surface area contributed by atoms with Gasteiger partial charge < -0.3 is 5.32 Å². The molecule has 3 nitrogen and oxygen atoms in total. The molecule has 0 radical (unpaired) electrons. The van der Waals surface area contributed by atoms with Crippen molar-refractivity contribution in [1.29, 1.82) is 0 Å². The topological polar surface area (TPSA) is 42.0 Å². The Morgan fingerprint density at radius 3 is 2.88 bits per heavy atom. The molecule has 0 atom stereocenters. The van der Waals surface area contributed by atoms with Crippen LogP contribution in [0.5, 0.6) is 0 Å². The molecule has 0 aliphatic rings. The van der Waals surface area contributed by atoms with E-state index in [0.29, 0.717) is 12.1 Å². The van der Waals surface area contributed by atoms with E-state index in [2.05, 4.69) is 26.2 Å². The maximum Gasteiger partial charge on any atom is 0.226 e. The number of halogens is 2. The summed E-state index contributed by atoms with van der Waals surface area (Å²) in [4.78, 5) is 16.6. The van der Waals surface area contributed by atoms with Gasteiger partial charge in [0.2, 0.25) is 5.91 Å². The molecule has 0 fully saturated rings. The molecular formula is C19H16BrFN2OS. The molecule has 2 aromatic carbocycles. The zero-order valence-electron chi connectivity index (χ0n) is 13.6. The molecule has 1 aromatic heterocycles. The lowest BCUT2D eigenvalue weighted by Crippen LogP contribution is -2.24. The number of nitrogens with one attached hydrogen (secondary N) is 1. The molecule has 0 unspecified atom stereocenters. The predicted molar refractivity (Wildman–Crippen MR) is 102 cm³/mol. The minimum atomic E-state index is -0.238. The van der Waals surface area contributed by atoms with Crippen LogP contribution in [0, 0.1) is 12.7 Å². The maximum absolute atomic E-state index is 13.3. The number of carbonyl (C=O) groups is 1. The fourth-order valence-corrected chi connectivity index (χ4v) is 3.60. The van der Waals surface area contributed by atoms with Crippen molar-refractivity contribution in [1.82, 2.24) is 10.3 Å². The first-order chi connectivity index (χ1) is 12.0. The number of nitrogens with zero attached hydrogens (tertiary/aromatic N) is 1. The average molecular weight is 419 g/mol. The van der Waals surface area contributed by atoms with Gasteiger partial charge >= 0.3 is 0 Å². The Kier molecular flexibility index (Phi) is 5.60. The minimum Gasteiger partial charge on any atom is -0.352 e. The van der Waals surface area contributed by atoms with Gasteiger partial charge in [-0.05, 0) is 36.2 Å². The first-order valence-electron chi connectivity index (χ1n) is 7.73. The van der Waals surface area contributed by atoms with Gasteiger partial charge in [-0.15, -0.1) is 11.3 Å². The average Bonchev–Trinajstić information content (AvgIpc) is 3.04. The Balaban J connectivity index is 1.59. The number of hydrogen-bond donors (Lipinski definition) is 1. The second-order valence-electron chi connectivity index (χ2n) is 5.69. The van der Waals surface area contributed by atoms with E-state index in [1.807, 2.05) is 29.6 Å². The molecule has 0 aliphatic heterocycles. The number of aromatic nitrogens is 1. The van der Waals surface area contributed by atoms with Crippen LogP contribution >= 0.6 is 27.3 Å². The van der Waals surface area contributed by atoms with Crippen molar-refractivity contribution in [2.75, 3.05) is 0 Å². The van der Waals surface area contributed by atoms with Crippen LogP contribution in [-0.2, 0) is 17.8 Å². The van der Waals surface area contributed by atoms with Gasteiger partial charge in [-0.2, -0.15) is 0 Å². The van der Waals surface area contributed by atoms with Crippen LogP contribution in [0.15, 0.2) is 52.3 Å². The third-order valence-corrected chi connectivity index (χ3v) is 5.11. The summed E-state index contributed by atoms with van der Waals surface area (Å²) in [6, 6.07) is 12.7. The summed E-state index contributed by atoms with van der Waals surface area (Å²) < 4.78 is 14.2. The molecule has 1 N–H and O–H groups in total. The van der Waals surface area contributed by atoms with E-state index in [0.717, 1.165) is 26.3 Å². The highest BCUT2D eigenvalue weighted by molar-refractivity contribution is 9.10. The maximum atomic E-state index is 13.3. The second kappa shape index (κ2) is 7.89. The van der Waals surface area contributed by atoms with Crippen molar-refractivity contribution < 1.29 is 9.18 Å². The molecule has 3 aromatic rings. The Bertz CT molecular complexity index is 910. The molecule has 1 heterocycles. The van der Waals surface area contributed by atoms with Gasteiger partial charge in [0, 0.05) is 22.0 Å².